The molecular weight excluding hydrogens is 495 g/mol. The highest BCUT2D eigenvalue weighted by Crippen LogP contribution is 2.46. The van der Waals surface area contributed by atoms with Crippen molar-refractivity contribution in [2.75, 3.05) is 32.7 Å². The minimum atomic E-state index is 0.0476. The molecule has 2 fully saturated rings. The lowest BCUT2D eigenvalue weighted by Crippen LogP contribution is -2.44. The normalized spacial score (nSPS) is 23.7. The maximum absolute atomic E-state index is 13.4. The third-order valence-corrected chi connectivity index (χ3v) is 10.1. The number of carbonyl (C=O) groups is 1. The van der Waals surface area contributed by atoms with Gasteiger partial charge < -0.3 is 9.80 Å². The Bertz CT molecular complexity index is 1220. The van der Waals surface area contributed by atoms with E-state index in [0.717, 1.165) is 32.7 Å². The molecular formula is C29H30Cl2N2OS. The number of carbonyl (C=O) groups excluding carboxylic acids is 1. The van der Waals surface area contributed by atoms with Crippen LogP contribution < -0.4 is 0 Å². The molecule has 6 rings (SSSR count). The van der Waals surface area contributed by atoms with Crippen molar-refractivity contribution in [2.45, 2.75) is 37.0 Å². The molecule has 35 heavy (non-hydrogen) atoms. The standard InChI is InChI=1S/C29H30Cl2N2OS/c30-26-6-5-21(15-27(26)31)28(34)33-17-23(24(18-33)22-8-14-35-19-22)16-32-12-10-29(11-13-32)9-7-20-3-1-2-4-25(20)29/h1-6,8,14-15,19,23-24H,7,9-13,16-18H2. The predicted molar refractivity (Wildman–Crippen MR) is 145 cm³/mol. The van der Waals surface area contributed by atoms with E-state index >= 15 is 0 Å². The maximum Gasteiger partial charge on any atom is 0.253 e. The van der Waals surface area contributed by atoms with Crippen LogP contribution in [-0.2, 0) is 11.8 Å². The van der Waals surface area contributed by atoms with Gasteiger partial charge in [0, 0.05) is 31.1 Å². The number of hydrogen-bond acceptors (Lipinski definition) is 3. The summed E-state index contributed by atoms with van der Waals surface area (Å²) in [6, 6.07) is 16.5. The van der Waals surface area contributed by atoms with E-state index in [0.29, 0.717) is 32.9 Å². The van der Waals surface area contributed by atoms with Crippen LogP contribution in [0.1, 0.15) is 52.2 Å². The van der Waals surface area contributed by atoms with Gasteiger partial charge in [0.2, 0.25) is 0 Å². The molecule has 3 heterocycles. The van der Waals surface area contributed by atoms with Gasteiger partial charge in [-0.25, -0.2) is 0 Å². The summed E-state index contributed by atoms with van der Waals surface area (Å²) in [6.07, 6.45) is 5.01. The van der Waals surface area contributed by atoms with Crippen molar-refractivity contribution >= 4 is 40.4 Å². The lowest BCUT2D eigenvalue weighted by atomic mass is 9.73. The SMILES string of the molecule is O=C(c1ccc(Cl)c(Cl)c1)N1CC(CN2CCC3(CCc4ccccc43)CC2)C(c2ccsc2)C1. The Labute approximate surface area is 221 Å². The van der Waals surface area contributed by atoms with Crippen molar-refractivity contribution in [3.8, 4) is 0 Å². The molecule has 1 spiro atoms. The van der Waals surface area contributed by atoms with Crippen molar-refractivity contribution in [1.82, 2.24) is 9.80 Å². The van der Waals surface area contributed by atoms with E-state index in [1.807, 2.05) is 4.90 Å². The van der Waals surface area contributed by atoms with Gasteiger partial charge in [0.15, 0.2) is 0 Å². The Morgan fingerprint density at radius 1 is 1.00 bits per heavy atom. The topological polar surface area (TPSA) is 23.6 Å². The minimum absolute atomic E-state index is 0.0476. The molecule has 3 aliphatic rings. The number of rotatable bonds is 4. The fraction of sp³-hybridized carbons (Fsp3) is 0.414. The zero-order valence-electron chi connectivity index (χ0n) is 19.8. The summed E-state index contributed by atoms with van der Waals surface area (Å²) in [5, 5.41) is 5.31. The Morgan fingerprint density at radius 2 is 1.83 bits per heavy atom. The predicted octanol–water partition coefficient (Wildman–Crippen LogP) is 6.89. The number of likely N-dealkylation sites (tertiary alicyclic amines) is 2. The quantitative estimate of drug-likeness (QED) is 0.370. The van der Waals surface area contributed by atoms with Crippen LogP contribution in [-0.4, -0.2) is 48.4 Å². The number of halogens is 2. The van der Waals surface area contributed by atoms with Crippen molar-refractivity contribution in [1.29, 1.82) is 0 Å². The van der Waals surface area contributed by atoms with Gasteiger partial charge in [-0.05, 0) is 102 Å². The molecule has 1 aromatic heterocycles. The molecule has 0 bridgehead atoms. The monoisotopic (exact) mass is 524 g/mol. The highest BCUT2D eigenvalue weighted by atomic mass is 35.5. The summed E-state index contributed by atoms with van der Waals surface area (Å²) in [6.45, 7) is 4.86. The molecule has 2 atom stereocenters. The number of fused-ring (bicyclic) bond motifs is 2. The number of aryl methyl sites for hydroxylation is 1. The molecule has 0 saturated carbocycles. The Morgan fingerprint density at radius 3 is 2.60 bits per heavy atom. The summed E-state index contributed by atoms with van der Waals surface area (Å²) in [4.78, 5) is 18.0. The summed E-state index contributed by atoms with van der Waals surface area (Å²) in [5.41, 5.74) is 5.53. The fourth-order valence-corrected chi connectivity index (χ4v) is 7.70. The number of amides is 1. The van der Waals surface area contributed by atoms with E-state index in [-0.39, 0.29) is 5.91 Å². The largest absolute Gasteiger partial charge is 0.338 e. The second-order valence-corrected chi connectivity index (χ2v) is 12.1. The van der Waals surface area contributed by atoms with Gasteiger partial charge in [0.1, 0.15) is 0 Å². The smallest absolute Gasteiger partial charge is 0.253 e. The summed E-state index contributed by atoms with van der Waals surface area (Å²) in [5.74, 6) is 0.851. The van der Waals surface area contributed by atoms with Crippen LogP contribution in [0.3, 0.4) is 0 Å². The molecule has 6 heteroatoms. The average Bonchev–Trinajstić information content (AvgIpc) is 3.62. The van der Waals surface area contributed by atoms with Gasteiger partial charge >= 0.3 is 0 Å². The number of nitrogens with zero attached hydrogens (tertiary/aromatic N) is 2. The van der Waals surface area contributed by atoms with Crippen LogP contribution in [0.5, 0.6) is 0 Å². The minimum Gasteiger partial charge on any atom is -0.338 e. The van der Waals surface area contributed by atoms with Crippen molar-refractivity contribution < 1.29 is 4.79 Å². The summed E-state index contributed by atoms with van der Waals surface area (Å²) < 4.78 is 0. The van der Waals surface area contributed by atoms with Gasteiger partial charge in [-0.2, -0.15) is 11.3 Å². The van der Waals surface area contributed by atoms with Crippen LogP contribution in [0.4, 0.5) is 0 Å². The van der Waals surface area contributed by atoms with Gasteiger partial charge in [-0.15, -0.1) is 0 Å². The molecule has 3 aromatic rings. The molecule has 1 aliphatic carbocycles. The number of piperidine rings is 1. The maximum atomic E-state index is 13.4. The molecule has 2 saturated heterocycles. The van der Waals surface area contributed by atoms with Gasteiger partial charge in [0.25, 0.3) is 5.91 Å². The second-order valence-electron chi connectivity index (χ2n) is 10.5. The third-order valence-electron chi connectivity index (χ3n) is 8.63. The average molecular weight is 526 g/mol. The van der Waals surface area contributed by atoms with Crippen molar-refractivity contribution in [2.24, 2.45) is 5.92 Å². The van der Waals surface area contributed by atoms with Gasteiger partial charge in [-0.1, -0.05) is 47.5 Å². The molecule has 0 N–H and O–H groups in total. The van der Waals surface area contributed by atoms with Crippen LogP contribution in [0.25, 0.3) is 0 Å². The van der Waals surface area contributed by atoms with Crippen molar-refractivity contribution in [3.05, 3.63) is 91.6 Å². The number of hydrogen-bond donors (Lipinski definition) is 0. The molecule has 2 aromatic carbocycles. The Hall–Kier alpha value is -1.85. The molecule has 2 unspecified atom stereocenters. The van der Waals surface area contributed by atoms with E-state index in [1.165, 1.54) is 31.2 Å². The van der Waals surface area contributed by atoms with Gasteiger partial charge in [0.05, 0.1) is 10.0 Å². The van der Waals surface area contributed by atoms with Crippen LogP contribution >= 0.6 is 34.5 Å². The first-order valence-electron chi connectivity index (χ1n) is 12.6. The van der Waals surface area contributed by atoms with E-state index < -0.39 is 0 Å². The first kappa shape index (κ1) is 23.5. The lowest BCUT2D eigenvalue weighted by molar-refractivity contribution is 0.0779. The zero-order chi connectivity index (χ0) is 24.0. The van der Waals surface area contributed by atoms with Crippen LogP contribution in [0.15, 0.2) is 59.3 Å². The Kier molecular flexibility index (Phi) is 6.42. The third kappa shape index (κ3) is 4.44. The van der Waals surface area contributed by atoms with Crippen molar-refractivity contribution in [3.63, 3.8) is 0 Å². The van der Waals surface area contributed by atoms with E-state index in [9.17, 15) is 4.79 Å². The van der Waals surface area contributed by atoms with Gasteiger partial charge in [-0.3, -0.25) is 4.79 Å². The molecule has 0 radical (unpaired) electrons. The number of benzene rings is 2. The highest BCUT2D eigenvalue weighted by Gasteiger charge is 2.43. The second kappa shape index (κ2) is 9.55. The van der Waals surface area contributed by atoms with E-state index in [2.05, 4.69) is 46.0 Å². The van der Waals surface area contributed by atoms with Crippen LogP contribution in [0, 0.1) is 5.92 Å². The molecule has 1 amide bonds. The first-order valence-corrected chi connectivity index (χ1v) is 14.3. The van der Waals surface area contributed by atoms with Crippen LogP contribution in [0.2, 0.25) is 10.0 Å². The zero-order valence-corrected chi connectivity index (χ0v) is 22.1. The molecule has 3 nitrogen and oxygen atoms in total. The highest BCUT2D eigenvalue weighted by molar-refractivity contribution is 7.08. The summed E-state index contributed by atoms with van der Waals surface area (Å²) in [7, 11) is 0. The lowest BCUT2D eigenvalue weighted by Gasteiger charge is -2.41. The summed E-state index contributed by atoms with van der Waals surface area (Å²) >= 11 is 14.0. The van der Waals surface area contributed by atoms with E-state index in [4.69, 9.17) is 23.2 Å². The molecule has 2 aliphatic heterocycles. The fourth-order valence-electron chi connectivity index (χ4n) is 6.68. The first-order chi connectivity index (χ1) is 17.0. The Balaban J connectivity index is 1.16. The van der Waals surface area contributed by atoms with E-state index in [1.54, 1.807) is 40.7 Å². The molecule has 182 valence electrons. The number of thiophene rings is 1.